The summed E-state index contributed by atoms with van der Waals surface area (Å²) in [4.78, 5) is 12.5. The van der Waals surface area contributed by atoms with Crippen molar-refractivity contribution in [3.05, 3.63) is 42.1 Å². The van der Waals surface area contributed by atoms with Crippen molar-refractivity contribution in [2.75, 3.05) is 18.5 Å². The second-order valence-corrected chi connectivity index (χ2v) is 7.16. The quantitative estimate of drug-likeness (QED) is 0.823. The molecule has 2 atom stereocenters. The van der Waals surface area contributed by atoms with Gasteiger partial charge in [-0.3, -0.25) is 4.79 Å². The topological polar surface area (TPSA) is 65.4 Å². The number of benzene rings is 1. The van der Waals surface area contributed by atoms with Crippen LogP contribution in [-0.2, 0) is 4.74 Å². The molecule has 2 aliphatic rings. The van der Waals surface area contributed by atoms with Crippen LogP contribution in [0.5, 0.6) is 5.75 Å². The third kappa shape index (κ3) is 3.90. The molecule has 0 radical (unpaired) electrons. The molecular formula is C20H25N3O3. The second kappa shape index (κ2) is 7.50. The third-order valence-corrected chi connectivity index (χ3v) is 5.18. The highest BCUT2D eigenvalue weighted by Crippen LogP contribution is 2.40. The van der Waals surface area contributed by atoms with E-state index in [9.17, 15) is 4.79 Å². The van der Waals surface area contributed by atoms with E-state index in [1.807, 2.05) is 22.9 Å². The first-order valence-electron chi connectivity index (χ1n) is 9.40. The maximum absolute atomic E-state index is 12.5. The lowest BCUT2D eigenvalue weighted by Gasteiger charge is -2.15. The molecule has 6 nitrogen and oxygen atoms in total. The minimum absolute atomic E-state index is 0.138. The molecule has 1 saturated heterocycles. The lowest BCUT2D eigenvalue weighted by Crippen LogP contribution is -2.18. The molecule has 1 aromatic heterocycles. The molecule has 1 aromatic carbocycles. The first-order chi connectivity index (χ1) is 12.7. The highest BCUT2D eigenvalue weighted by atomic mass is 16.5. The Kier molecular flexibility index (Phi) is 4.93. The van der Waals surface area contributed by atoms with Gasteiger partial charge in [-0.2, -0.15) is 5.10 Å². The summed E-state index contributed by atoms with van der Waals surface area (Å²) in [6.07, 6.45) is 6.54. The van der Waals surface area contributed by atoms with E-state index in [4.69, 9.17) is 9.47 Å². The zero-order valence-corrected chi connectivity index (χ0v) is 15.1. The first-order valence-corrected chi connectivity index (χ1v) is 9.40. The van der Waals surface area contributed by atoms with Crippen LogP contribution in [-0.4, -0.2) is 35.0 Å². The summed E-state index contributed by atoms with van der Waals surface area (Å²) >= 11 is 0. The van der Waals surface area contributed by atoms with Crippen LogP contribution in [0.4, 0.5) is 5.82 Å². The monoisotopic (exact) mass is 355 g/mol. The molecule has 1 saturated carbocycles. The summed E-state index contributed by atoms with van der Waals surface area (Å²) in [5.74, 6) is 2.03. The molecule has 4 rings (SSSR count). The van der Waals surface area contributed by atoms with E-state index in [0.717, 1.165) is 31.0 Å². The van der Waals surface area contributed by atoms with E-state index in [1.165, 1.54) is 12.8 Å². The number of nitrogens with one attached hydrogen (secondary N) is 1. The fraction of sp³-hybridized carbons (Fsp3) is 0.500. The predicted octanol–water partition coefficient (Wildman–Crippen LogP) is 3.66. The zero-order valence-electron chi connectivity index (χ0n) is 15.1. The number of nitrogens with zero attached hydrogens (tertiary/aromatic N) is 2. The van der Waals surface area contributed by atoms with Gasteiger partial charge >= 0.3 is 0 Å². The van der Waals surface area contributed by atoms with Crippen molar-refractivity contribution >= 4 is 11.7 Å². The summed E-state index contributed by atoms with van der Waals surface area (Å²) in [5.41, 5.74) is 0.598. The Morgan fingerprint density at radius 3 is 2.81 bits per heavy atom. The molecule has 1 aliphatic carbocycles. The zero-order chi connectivity index (χ0) is 17.9. The largest absolute Gasteiger partial charge is 0.491 e. The minimum Gasteiger partial charge on any atom is -0.491 e. The van der Waals surface area contributed by atoms with E-state index in [0.29, 0.717) is 24.1 Å². The van der Waals surface area contributed by atoms with Gasteiger partial charge in [-0.1, -0.05) is 0 Å². The van der Waals surface area contributed by atoms with Crippen molar-refractivity contribution in [3.63, 3.8) is 0 Å². The number of ether oxygens (including phenoxy) is 2. The van der Waals surface area contributed by atoms with Gasteiger partial charge in [0.25, 0.3) is 5.91 Å². The number of hydrogen-bond donors (Lipinski definition) is 1. The standard InChI is InChI=1S/C20H25N3O3/c1-14(15-4-5-15)23-19(10-11-21-23)22-20(24)16-6-8-17(9-7-16)26-13-18-3-2-12-25-18/h6-11,14-15,18H,2-5,12-13H2,1H3,(H,22,24). The Labute approximate surface area is 153 Å². The molecule has 6 heteroatoms. The van der Waals surface area contributed by atoms with Crippen molar-refractivity contribution < 1.29 is 14.3 Å². The van der Waals surface area contributed by atoms with Gasteiger partial charge in [-0.25, -0.2) is 4.68 Å². The van der Waals surface area contributed by atoms with Gasteiger partial charge in [0.05, 0.1) is 18.3 Å². The molecule has 2 aromatic rings. The Morgan fingerprint density at radius 2 is 2.12 bits per heavy atom. The molecule has 2 heterocycles. The fourth-order valence-corrected chi connectivity index (χ4v) is 3.37. The van der Waals surface area contributed by atoms with Crippen molar-refractivity contribution in [1.29, 1.82) is 0 Å². The number of carbonyl (C=O) groups excluding carboxylic acids is 1. The lowest BCUT2D eigenvalue weighted by atomic mass is 10.2. The second-order valence-electron chi connectivity index (χ2n) is 7.16. The maximum Gasteiger partial charge on any atom is 0.256 e. The number of hydrogen-bond acceptors (Lipinski definition) is 4. The van der Waals surface area contributed by atoms with Gasteiger partial charge < -0.3 is 14.8 Å². The molecule has 26 heavy (non-hydrogen) atoms. The van der Waals surface area contributed by atoms with Gasteiger partial charge in [-0.15, -0.1) is 0 Å². The molecule has 138 valence electrons. The molecule has 2 fully saturated rings. The Bertz CT molecular complexity index is 746. The minimum atomic E-state index is -0.138. The smallest absolute Gasteiger partial charge is 0.256 e. The van der Waals surface area contributed by atoms with Gasteiger partial charge in [0.15, 0.2) is 0 Å². The maximum atomic E-state index is 12.5. The normalized spacial score (nSPS) is 20.7. The third-order valence-electron chi connectivity index (χ3n) is 5.18. The molecule has 1 N–H and O–H groups in total. The van der Waals surface area contributed by atoms with E-state index in [2.05, 4.69) is 17.3 Å². The van der Waals surface area contributed by atoms with Gasteiger partial charge in [0.2, 0.25) is 0 Å². The molecule has 2 unspecified atom stereocenters. The highest BCUT2D eigenvalue weighted by molar-refractivity contribution is 6.03. The van der Waals surface area contributed by atoms with Crippen molar-refractivity contribution in [1.82, 2.24) is 9.78 Å². The van der Waals surface area contributed by atoms with Crippen LogP contribution in [0.2, 0.25) is 0 Å². The number of amides is 1. The van der Waals surface area contributed by atoms with E-state index in [-0.39, 0.29) is 12.0 Å². The summed E-state index contributed by atoms with van der Waals surface area (Å²) in [7, 11) is 0. The summed E-state index contributed by atoms with van der Waals surface area (Å²) in [6, 6.07) is 9.38. The van der Waals surface area contributed by atoms with E-state index in [1.54, 1.807) is 18.3 Å². The van der Waals surface area contributed by atoms with Crippen molar-refractivity contribution in [3.8, 4) is 5.75 Å². The lowest BCUT2D eigenvalue weighted by molar-refractivity contribution is 0.0679. The van der Waals surface area contributed by atoms with Crippen LogP contribution in [0.3, 0.4) is 0 Å². The van der Waals surface area contributed by atoms with Crippen molar-refractivity contribution in [2.24, 2.45) is 5.92 Å². The predicted molar refractivity (Wildman–Crippen MR) is 98.5 cm³/mol. The van der Waals surface area contributed by atoms with Crippen LogP contribution in [0.15, 0.2) is 36.5 Å². The summed E-state index contributed by atoms with van der Waals surface area (Å²) < 4.78 is 13.2. The van der Waals surface area contributed by atoms with Crippen LogP contribution in [0.1, 0.15) is 49.0 Å². The fourth-order valence-electron chi connectivity index (χ4n) is 3.37. The average Bonchev–Trinajstić information content (AvgIpc) is 3.18. The van der Waals surface area contributed by atoms with Crippen LogP contribution < -0.4 is 10.1 Å². The van der Waals surface area contributed by atoms with Gasteiger partial charge in [-0.05, 0) is 62.8 Å². The number of anilines is 1. The molecular weight excluding hydrogens is 330 g/mol. The van der Waals surface area contributed by atoms with Crippen LogP contribution in [0.25, 0.3) is 0 Å². The number of aromatic nitrogens is 2. The number of rotatable bonds is 7. The Balaban J connectivity index is 1.35. The Hall–Kier alpha value is -2.34. The van der Waals surface area contributed by atoms with E-state index >= 15 is 0 Å². The Morgan fingerprint density at radius 1 is 1.31 bits per heavy atom. The van der Waals surface area contributed by atoms with Crippen molar-refractivity contribution in [2.45, 2.75) is 44.8 Å². The summed E-state index contributed by atoms with van der Waals surface area (Å²) in [6.45, 7) is 3.54. The molecule has 1 amide bonds. The molecule has 0 bridgehead atoms. The SMILES string of the molecule is CC(C1CC1)n1nccc1NC(=O)c1ccc(OCC2CCCO2)cc1. The summed E-state index contributed by atoms with van der Waals surface area (Å²) in [5, 5.41) is 7.34. The first kappa shape index (κ1) is 17.1. The van der Waals surface area contributed by atoms with Gasteiger partial charge in [0.1, 0.15) is 18.2 Å². The highest BCUT2D eigenvalue weighted by Gasteiger charge is 2.30. The average molecular weight is 355 g/mol. The molecule has 1 aliphatic heterocycles. The number of carbonyl (C=O) groups is 1. The van der Waals surface area contributed by atoms with Gasteiger partial charge in [0, 0.05) is 18.2 Å². The van der Waals surface area contributed by atoms with Crippen LogP contribution in [0, 0.1) is 5.92 Å². The van der Waals surface area contributed by atoms with E-state index < -0.39 is 0 Å². The molecule has 0 spiro atoms. The van der Waals surface area contributed by atoms with Crippen LogP contribution >= 0.6 is 0 Å².